The van der Waals surface area contributed by atoms with E-state index in [4.69, 9.17) is 0 Å². The molecule has 0 bridgehead atoms. The van der Waals surface area contributed by atoms with Crippen LogP contribution in [0.2, 0.25) is 0 Å². The number of likely N-dealkylation sites (tertiary alicyclic amines) is 1. The Morgan fingerprint density at radius 2 is 1.44 bits per heavy atom. The van der Waals surface area contributed by atoms with Crippen LogP contribution < -0.4 is 16.0 Å². The van der Waals surface area contributed by atoms with Crippen molar-refractivity contribution in [1.82, 2.24) is 4.90 Å². The molecule has 0 spiro atoms. The van der Waals surface area contributed by atoms with Gasteiger partial charge in [-0.2, -0.15) is 0 Å². The highest BCUT2D eigenvalue weighted by Crippen LogP contribution is 2.21. The molecule has 1 saturated heterocycles. The van der Waals surface area contributed by atoms with Crippen molar-refractivity contribution in [2.24, 2.45) is 0 Å². The molecule has 0 aromatic heterocycles. The van der Waals surface area contributed by atoms with Gasteiger partial charge in [-0.15, -0.1) is 0 Å². The number of nitrogens with zero attached hydrogens (tertiary/aromatic N) is 1. The van der Waals surface area contributed by atoms with Crippen molar-refractivity contribution in [3.8, 4) is 0 Å². The Labute approximate surface area is 157 Å². The van der Waals surface area contributed by atoms with Crippen LogP contribution >= 0.6 is 0 Å². The molecule has 1 aliphatic heterocycles. The van der Waals surface area contributed by atoms with Crippen LogP contribution in [0.5, 0.6) is 0 Å². The number of para-hydroxylation sites is 1. The molecule has 3 N–H and O–H groups in total. The summed E-state index contributed by atoms with van der Waals surface area (Å²) in [5, 5.41) is 8.34. The molecule has 0 aliphatic carbocycles. The Morgan fingerprint density at radius 3 is 2.07 bits per heavy atom. The van der Waals surface area contributed by atoms with E-state index in [2.05, 4.69) is 16.0 Å². The van der Waals surface area contributed by atoms with Gasteiger partial charge in [-0.05, 0) is 49.2 Å². The molecule has 1 fully saturated rings. The Bertz CT molecular complexity index is 821. The van der Waals surface area contributed by atoms with Crippen LogP contribution in [0.3, 0.4) is 0 Å². The Hall–Kier alpha value is -3.35. The van der Waals surface area contributed by atoms with Gasteiger partial charge in [-0.3, -0.25) is 9.59 Å². The van der Waals surface area contributed by atoms with E-state index in [-0.39, 0.29) is 17.8 Å². The van der Waals surface area contributed by atoms with E-state index in [1.165, 1.54) is 6.92 Å². The average Bonchev–Trinajstić information content (AvgIpc) is 3.14. The summed E-state index contributed by atoms with van der Waals surface area (Å²) in [6.07, 6.45) is 1.40. The molecular weight excluding hydrogens is 344 g/mol. The third-order valence-corrected chi connectivity index (χ3v) is 4.31. The second-order valence-electron chi connectivity index (χ2n) is 6.40. The van der Waals surface area contributed by atoms with Crippen molar-refractivity contribution in [3.05, 3.63) is 54.6 Å². The summed E-state index contributed by atoms with van der Waals surface area (Å²) in [4.78, 5) is 37.8. The predicted octanol–water partition coefficient (Wildman–Crippen LogP) is 3.28. The first kappa shape index (κ1) is 18.4. The molecule has 0 radical (unpaired) electrons. The molecule has 3 rings (SSSR count). The fourth-order valence-electron chi connectivity index (χ4n) is 3.06. The predicted molar refractivity (Wildman–Crippen MR) is 105 cm³/mol. The Kier molecular flexibility index (Phi) is 5.71. The second-order valence-corrected chi connectivity index (χ2v) is 6.40. The van der Waals surface area contributed by atoms with Crippen LogP contribution in [0.25, 0.3) is 0 Å². The number of nitrogens with one attached hydrogen (secondary N) is 3. The minimum Gasteiger partial charge on any atom is -0.326 e. The number of hydrogen-bond donors (Lipinski definition) is 3. The Morgan fingerprint density at radius 1 is 0.852 bits per heavy atom. The molecular formula is C20H22N4O3. The third kappa shape index (κ3) is 4.84. The number of urea groups is 1. The zero-order valence-electron chi connectivity index (χ0n) is 15.1. The monoisotopic (exact) mass is 366 g/mol. The van der Waals surface area contributed by atoms with E-state index in [1.807, 2.05) is 18.2 Å². The number of benzene rings is 2. The first-order chi connectivity index (χ1) is 13.0. The maximum absolute atomic E-state index is 12.6. The van der Waals surface area contributed by atoms with E-state index < -0.39 is 6.04 Å². The second kappa shape index (κ2) is 8.35. The summed E-state index contributed by atoms with van der Waals surface area (Å²) in [6.45, 7) is 1.98. The summed E-state index contributed by atoms with van der Waals surface area (Å²) in [5.74, 6) is -0.374. The molecule has 27 heavy (non-hydrogen) atoms. The normalized spacial score (nSPS) is 15.9. The number of rotatable bonds is 4. The molecule has 1 heterocycles. The van der Waals surface area contributed by atoms with E-state index in [0.29, 0.717) is 30.0 Å². The lowest BCUT2D eigenvalue weighted by molar-refractivity contribution is -0.119. The van der Waals surface area contributed by atoms with Gasteiger partial charge in [0.15, 0.2) is 0 Å². The van der Waals surface area contributed by atoms with Crippen molar-refractivity contribution in [2.45, 2.75) is 25.8 Å². The fraction of sp³-hybridized carbons (Fsp3) is 0.250. The summed E-state index contributed by atoms with van der Waals surface area (Å²) < 4.78 is 0. The van der Waals surface area contributed by atoms with Crippen LogP contribution in [0, 0.1) is 0 Å². The number of anilines is 3. The zero-order valence-corrected chi connectivity index (χ0v) is 15.1. The van der Waals surface area contributed by atoms with Gasteiger partial charge in [0.05, 0.1) is 0 Å². The summed E-state index contributed by atoms with van der Waals surface area (Å²) in [6, 6.07) is 15.2. The molecule has 0 unspecified atom stereocenters. The van der Waals surface area contributed by atoms with Gasteiger partial charge in [0.1, 0.15) is 6.04 Å². The molecule has 4 amide bonds. The molecule has 2 aromatic carbocycles. The number of hydrogen-bond acceptors (Lipinski definition) is 3. The van der Waals surface area contributed by atoms with Gasteiger partial charge in [0.25, 0.3) is 0 Å². The molecule has 7 nitrogen and oxygen atoms in total. The lowest BCUT2D eigenvalue weighted by Gasteiger charge is -2.24. The molecule has 140 valence electrons. The van der Waals surface area contributed by atoms with Crippen molar-refractivity contribution >= 4 is 34.9 Å². The smallest absolute Gasteiger partial charge is 0.322 e. The SMILES string of the molecule is CC(=O)Nc1ccc(NC(=O)[C@H]2CCCN2C(=O)Nc2ccccc2)cc1. The van der Waals surface area contributed by atoms with E-state index in [0.717, 1.165) is 6.42 Å². The quantitative estimate of drug-likeness (QED) is 0.775. The molecule has 1 atom stereocenters. The van der Waals surface area contributed by atoms with Gasteiger partial charge < -0.3 is 20.9 Å². The highest BCUT2D eigenvalue weighted by Gasteiger charge is 2.34. The minimum absolute atomic E-state index is 0.155. The van der Waals surface area contributed by atoms with Crippen LogP contribution in [-0.4, -0.2) is 35.3 Å². The number of carbonyl (C=O) groups is 3. The standard InChI is InChI=1S/C20H22N4O3/c1-14(25)21-16-9-11-17(12-10-16)22-19(26)18-8-5-13-24(18)20(27)23-15-6-3-2-4-7-15/h2-4,6-7,9-12,18H,5,8,13H2,1H3,(H,21,25)(H,22,26)(H,23,27)/t18-/m1/s1. The molecule has 0 saturated carbocycles. The molecule has 2 aromatic rings. The van der Waals surface area contributed by atoms with Crippen molar-refractivity contribution in [1.29, 1.82) is 0 Å². The van der Waals surface area contributed by atoms with E-state index >= 15 is 0 Å². The molecule has 1 aliphatic rings. The van der Waals surface area contributed by atoms with E-state index in [1.54, 1.807) is 41.3 Å². The maximum atomic E-state index is 12.6. The van der Waals surface area contributed by atoms with E-state index in [9.17, 15) is 14.4 Å². The minimum atomic E-state index is -0.510. The van der Waals surface area contributed by atoms with Crippen LogP contribution in [0.15, 0.2) is 54.6 Å². The highest BCUT2D eigenvalue weighted by molar-refractivity contribution is 5.99. The third-order valence-electron chi connectivity index (χ3n) is 4.31. The zero-order chi connectivity index (χ0) is 19.2. The van der Waals surface area contributed by atoms with Crippen molar-refractivity contribution < 1.29 is 14.4 Å². The van der Waals surface area contributed by atoms with Gasteiger partial charge in [0, 0.05) is 30.5 Å². The lowest BCUT2D eigenvalue weighted by atomic mass is 10.2. The first-order valence-corrected chi connectivity index (χ1v) is 8.84. The van der Waals surface area contributed by atoms with Crippen LogP contribution in [0.4, 0.5) is 21.9 Å². The van der Waals surface area contributed by atoms with Gasteiger partial charge in [-0.25, -0.2) is 4.79 Å². The van der Waals surface area contributed by atoms with Gasteiger partial charge in [-0.1, -0.05) is 18.2 Å². The first-order valence-electron chi connectivity index (χ1n) is 8.84. The average molecular weight is 366 g/mol. The van der Waals surface area contributed by atoms with Crippen LogP contribution in [-0.2, 0) is 9.59 Å². The fourth-order valence-corrected chi connectivity index (χ4v) is 3.06. The van der Waals surface area contributed by atoms with Gasteiger partial charge >= 0.3 is 6.03 Å². The highest BCUT2D eigenvalue weighted by atomic mass is 16.2. The van der Waals surface area contributed by atoms with Crippen molar-refractivity contribution in [3.63, 3.8) is 0 Å². The van der Waals surface area contributed by atoms with Gasteiger partial charge in [0.2, 0.25) is 11.8 Å². The topological polar surface area (TPSA) is 90.5 Å². The lowest BCUT2D eigenvalue weighted by Crippen LogP contribution is -2.45. The summed E-state index contributed by atoms with van der Waals surface area (Å²) in [5.41, 5.74) is 1.97. The Balaban J connectivity index is 1.61. The van der Waals surface area contributed by atoms with Crippen molar-refractivity contribution in [2.75, 3.05) is 22.5 Å². The molecule has 7 heteroatoms. The number of amides is 4. The number of carbonyl (C=O) groups excluding carboxylic acids is 3. The maximum Gasteiger partial charge on any atom is 0.322 e. The summed E-state index contributed by atoms with van der Waals surface area (Å²) >= 11 is 0. The largest absolute Gasteiger partial charge is 0.326 e. The van der Waals surface area contributed by atoms with Crippen LogP contribution in [0.1, 0.15) is 19.8 Å². The summed E-state index contributed by atoms with van der Waals surface area (Å²) in [7, 11) is 0.